The number of nitrogens with one attached hydrogen (secondary N) is 1. The van der Waals surface area contributed by atoms with E-state index in [0.717, 1.165) is 31.5 Å². The summed E-state index contributed by atoms with van der Waals surface area (Å²) in [6.45, 7) is 0.789. The van der Waals surface area contributed by atoms with Crippen molar-refractivity contribution in [3.8, 4) is 0 Å². The summed E-state index contributed by atoms with van der Waals surface area (Å²) >= 11 is 0. The molecule has 2 nitrogen and oxygen atoms in total. The molecule has 1 N–H and O–H groups in total. The van der Waals surface area contributed by atoms with Gasteiger partial charge in [-0.2, -0.15) is 13.2 Å². The third-order valence-electron chi connectivity index (χ3n) is 2.87. The Morgan fingerprint density at radius 2 is 1.88 bits per heavy atom. The van der Waals surface area contributed by atoms with Crippen LogP contribution in [0.5, 0.6) is 0 Å². The summed E-state index contributed by atoms with van der Waals surface area (Å²) in [6.07, 6.45) is -2.68. The second-order valence-corrected chi connectivity index (χ2v) is 4.09. The van der Waals surface area contributed by atoms with Crippen molar-refractivity contribution in [2.45, 2.75) is 25.1 Å². The van der Waals surface area contributed by atoms with E-state index in [0.29, 0.717) is 5.56 Å². The first-order chi connectivity index (χ1) is 7.98. The van der Waals surface area contributed by atoms with E-state index in [1.54, 1.807) is 0 Å². The molecule has 1 saturated heterocycles. The SMILES string of the molecule is O=C(c1ccc(C(F)(F)F)cc1)C1CCCN1. The summed E-state index contributed by atoms with van der Waals surface area (Å²) in [5, 5.41) is 3.03. The zero-order valence-electron chi connectivity index (χ0n) is 9.05. The summed E-state index contributed by atoms with van der Waals surface area (Å²) in [7, 11) is 0. The molecule has 0 amide bonds. The van der Waals surface area contributed by atoms with Gasteiger partial charge >= 0.3 is 6.18 Å². The summed E-state index contributed by atoms with van der Waals surface area (Å²) in [5.41, 5.74) is -0.397. The first-order valence-electron chi connectivity index (χ1n) is 5.43. The predicted octanol–water partition coefficient (Wildman–Crippen LogP) is 2.64. The zero-order valence-corrected chi connectivity index (χ0v) is 9.05. The number of halogens is 3. The van der Waals surface area contributed by atoms with Crippen LogP contribution in [-0.4, -0.2) is 18.4 Å². The fraction of sp³-hybridized carbons (Fsp3) is 0.417. The molecule has 2 rings (SSSR count). The maximum absolute atomic E-state index is 12.3. The van der Waals surface area contributed by atoms with Crippen molar-refractivity contribution in [3.05, 3.63) is 35.4 Å². The van der Waals surface area contributed by atoms with Crippen LogP contribution >= 0.6 is 0 Å². The minimum atomic E-state index is -4.35. The lowest BCUT2D eigenvalue weighted by atomic mass is 10.0. The number of ketones is 1. The molecule has 0 spiro atoms. The van der Waals surface area contributed by atoms with E-state index in [4.69, 9.17) is 0 Å². The largest absolute Gasteiger partial charge is 0.416 e. The number of benzene rings is 1. The highest BCUT2D eigenvalue weighted by atomic mass is 19.4. The number of carbonyl (C=O) groups excluding carboxylic acids is 1. The third kappa shape index (κ3) is 2.66. The Bertz CT molecular complexity index is 405. The summed E-state index contributed by atoms with van der Waals surface area (Å²) in [5.74, 6) is -0.128. The summed E-state index contributed by atoms with van der Waals surface area (Å²) in [4.78, 5) is 11.9. The lowest BCUT2D eigenvalue weighted by molar-refractivity contribution is -0.137. The second-order valence-electron chi connectivity index (χ2n) is 4.09. The Morgan fingerprint density at radius 3 is 2.35 bits per heavy atom. The fourth-order valence-corrected chi connectivity index (χ4v) is 1.93. The number of Topliss-reactive ketones (excluding diaryl/α,β-unsaturated/α-hetero) is 1. The number of alkyl halides is 3. The molecule has 1 fully saturated rings. The van der Waals surface area contributed by atoms with Gasteiger partial charge in [0.1, 0.15) is 0 Å². The summed E-state index contributed by atoms with van der Waals surface area (Å²) < 4.78 is 37.0. The van der Waals surface area contributed by atoms with Gasteiger partial charge in [0, 0.05) is 5.56 Å². The van der Waals surface area contributed by atoms with Crippen LogP contribution in [0.2, 0.25) is 0 Å². The quantitative estimate of drug-likeness (QED) is 0.809. The van der Waals surface area contributed by atoms with Crippen molar-refractivity contribution in [1.82, 2.24) is 5.32 Å². The molecule has 0 saturated carbocycles. The normalized spacial score (nSPS) is 20.5. The van der Waals surface area contributed by atoms with Gasteiger partial charge in [-0.15, -0.1) is 0 Å². The molecule has 0 radical (unpaired) electrons. The van der Waals surface area contributed by atoms with Crippen molar-refractivity contribution in [2.75, 3.05) is 6.54 Å². The monoisotopic (exact) mass is 243 g/mol. The summed E-state index contributed by atoms with van der Waals surface area (Å²) in [6, 6.07) is 4.13. The van der Waals surface area contributed by atoms with Gasteiger partial charge in [0.2, 0.25) is 0 Å². The first kappa shape index (κ1) is 12.1. The topological polar surface area (TPSA) is 29.1 Å². The van der Waals surface area contributed by atoms with Crippen molar-refractivity contribution in [2.24, 2.45) is 0 Å². The molecule has 5 heteroatoms. The maximum atomic E-state index is 12.3. The van der Waals surface area contributed by atoms with Crippen LogP contribution in [0.25, 0.3) is 0 Å². The van der Waals surface area contributed by atoms with Crippen LogP contribution < -0.4 is 5.32 Å². The lowest BCUT2D eigenvalue weighted by Crippen LogP contribution is -2.30. The minimum absolute atomic E-state index is 0.128. The van der Waals surface area contributed by atoms with Gasteiger partial charge in [0.15, 0.2) is 5.78 Å². The van der Waals surface area contributed by atoms with Crippen LogP contribution in [-0.2, 0) is 6.18 Å². The van der Waals surface area contributed by atoms with E-state index in [-0.39, 0.29) is 11.8 Å². The van der Waals surface area contributed by atoms with Gasteiger partial charge in [0.05, 0.1) is 11.6 Å². The molecule has 0 bridgehead atoms. The van der Waals surface area contributed by atoms with E-state index in [9.17, 15) is 18.0 Å². The van der Waals surface area contributed by atoms with Crippen molar-refractivity contribution in [1.29, 1.82) is 0 Å². The van der Waals surface area contributed by atoms with E-state index in [2.05, 4.69) is 5.32 Å². The molecule has 17 heavy (non-hydrogen) atoms. The van der Waals surface area contributed by atoms with Gasteiger partial charge in [-0.25, -0.2) is 0 Å². The van der Waals surface area contributed by atoms with E-state index in [1.807, 2.05) is 0 Å². The molecule has 92 valence electrons. The third-order valence-corrected chi connectivity index (χ3v) is 2.87. The van der Waals surface area contributed by atoms with Crippen LogP contribution in [0.4, 0.5) is 13.2 Å². The standard InChI is InChI=1S/C12H12F3NO/c13-12(14,15)9-5-3-8(4-6-9)11(17)10-2-1-7-16-10/h3-6,10,16H,1-2,7H2. The number of rotatable bonds is 2. The Kier molecular flexibility index (Phi) is 3.19. The highest BCUT2D eigenvalue weighted by molar-refractivity contribution is 6.00. The molecule has 1 unspecified atom stereocenters. The van der Waals surface area contributed by atoms with Crippen molar-refractivity contribution in [3.63, 3.8) is 0 Å². The molecule has 1 atom stereocenters. The Morgan fingerprint density at radius 1 is 1.24 bits per heavy atom. The van der Waals surface area contributed by atoms with Crippen LogP contribution in [0.1, 0.15) is 28.8 Å². The molecular weight excluding hydrogens is 231 g/mol. The first-order valence-corrected chi connectivity index (χ1v) is 5.43. The highest BCUT2D eigenvalue weighted by Crippen LogP contribution is 2.29. The maximum Gasteiger partial charge on any atom is 0.416 e. The molecule has 1 aliphatic rings. The van der Waals surface area contributed by atoms with Crippen LogP contribution in [0, 0.1) is 0 Å². The van der Waals surface area contributed by atoms with Gasteiger partial charge in [-0.1, -0.05) is 12.1 Å². The number of hydrogen-bond acceptors (Lipinski definition) is 2. The number of hydrogen-bond donors (Lipinski definition) is 1. The second kappa shape index (κ2) is 4.49. The average Bonchev–Trinajstić information content (AvgIpc) is 2.80. The Labute approximate surface area is 96.8 Å². The number of carbonyl (C=O) groups is 1. The van der Waals surface area contributed by atoms with Crippen molar-refractivity contribution >= 4 is 5.78 Å². The Hall–Kier alpha value is -1.36. The van der Waals surface area contributed by atoms with Crippen LogP contribution in [0.3, 0.4) is 0 Å². The van der Waals surface area contributed by atoms with Gasteiger partial charge in [0.25, 0.3) is 0 Å². The van der Waals surface area contributed by atoms with E-state index in [1.165, 1.54) is 12.1 Å². The Balaban J connectivity index is 2.15. The molecule has 1 aromatic rings. The molecular formula is C12H12F3NO. The minimum Gasteiger partial charge on any atom is -0.307 e. The smallest absolute Gasteiger partial charge is 0.307 e. The van der Waals surface area contributed by atoms with Crippen LogP contribution in [0.15, 0.2) is 24.3 Å². The molecule has 0 aromatic heterocycles. The highest BCUT2D eigenvalue weighted by Gasteiger charge is 2.30. The van der Waals surface area contributed by atoms with E-state index < -0.39 is 11.7 Å². The van der Waals surface area contributed by atoms with Gasteiger partial charge in [-0.3, -0.25) is 4.79 Å². The molecule has 1 aliphatic heterocycles. The van der Waals surface area contributed by atoms with Gasteiger partial charge < -0.3 is 5.32 Å². The van der Waals surface area contributed by atoms with Crippen molar-refractivity contribution < 1.29 is 18.0 Å². The van der Waals surface area contributed by atoms with Gasteiger partial charge in [-0.05, 0) is 31.5 Å². The average molecular weight is 243 g/mol. The molecule has 1 heterocycles. The molecule has 0 aliphatic carbocycles. The molecule has 1 aromatic carbocycles. The predicted molar refractivity (Wildman–Crippen MR) is 56.8 cm³/mol. The van der Waals surface area contributed by atoms with E-state index >= 15 is 0 Å². The zero-order chi connectivity index (χ0) is 12.5. The lowest BCUT2D eigenvalue weighted by Gasteiger charge is -2.10. The fourth-order valence-electron chi connectivity index (χ4n) is 1.93.